The first-order valence-corrected chi connectivity index (χ1v) is 7.96. The molecule has 0 bridgehead atoms. The van der Waals surface area contributed by atoms with E-state index in [-0.39, 0.29) is 5.78 Å². The lowest BCUT2D eigenvalue weighted by Gasteiger charge is -2.33. The van der Waals surface area contributed by atoms with E-state index >= 15 is 0 Å². The van der Waals surface area contributed by atoms with Gasteiger partial charge in [-0.3, -0.25) is 9.69 Å². The van der Waals surface area contributed by atoms with Crippen LogP contribution in [0.5, 0.6) is 5.75 Å². The predicted octanol–water partition coefficient (Wildman–Crippen LogP) is 2.38. The van der Waals surface area contributed by atoms with Gasteiger partial charge in [-0.05, 0) is 25.6 Å². The first kappa shape index (κ1) is 16.7. The zero-order chi connectivity index (χ0) is 15.9. The Morgan fingerprint density at radius 3 is 2.59 bits per heavy atom. The van der Waals surface area contributed by atoms with Gasteiger partial charge in [0.05, 0.1) is 12.1 Å². The summed E-state index contributed by atoms with van der Waals surface area (Å²) < 4.78 is 5.62. The third-order valence-electron chi connectivity index (χ3n) is 4.07. The molecule has 4 nitrogen and oxygen atoms in total. The van der Waals surface area contributed by atoms with Crippen molar-refractivity contribution in [1.82, 2.24) is 9.80 Å². The van der Waals surface area contributed by atoms with Gasteiger partial charge in [0.2, 0.25) is 0 Å². The summed E-state index contributed by atoms with van der Waals surface area (Å²) in [7, 11) is 0. The van der Waals surface area contributed by atoms with Crippen LogP contribution in [0.3, 0.4) is 0 Å². The van der Waals surface area contributed by atoms with Crippen LogP contribution in [-0.4, -0.2) is 61.5 Å². The molecule has 4 heteroatoms. The Morgan fingerprint density at radius 1 is 1.27 bits per heavy atom. The van der Waals surface area contributed by atoms with Gasteiger partial charge in [0.25, 0.3) is 0 Å². The van der Waals surface area contributed by atoms with Crippen molar-refractivity contribution in [2.24, 2.45) is 0 Å². The number of piperazine rings is 1. The number of carbonyl (C=O) groups excluding carboxylic acids is 1. The maximum atomic E-state index is 12.6. The van der Waals surface area contributed by atoms with Gasteiger partial charge in [-0.2, -0.15) is 0 Å². The topological polar surface area (TPSA) is 32.8 Å². The van der Waals surface area contributed by atoms with Crippen LogP contribution in [0.2, 0.25) is 0 Å². The third kappa shape index (κ3) is 4.42. The normalized spacial score (nSPS) is 16.5. The maximum Gasteiger partial charge on any atom is 0.180 e. The highest BCUT2D eigenvalue weighted by molar-refractivity contribution is 6.00. The fraction of sp³-hybridized carbons (Fsp3) is 0.500. The maximum absolute atomic E-state index is 12.6. The van der Waals surface area contributed by atoms with Crippen molar-refractivity contribution in [2.45, 2.75) is 13.8 Å². The minimum Gasteiger partial charge on any atom is -0.489 e. The van der Waals surface area contributed by atoms with Crippen molar-refractivity contribution in [3.8, 4) is 5.75 Å². The molecule has 1 aromatic rings. The lowest BCUT2D eigenvalue weighted by molar-refractivity contribution is 0.0856. The fourth-order valence-corrected chi connectivity index (χ4v) is 2.69. The number of Topliss-reactive ketones (excluding diaryl/α,β-unsaturated/α-hetero) is 1. The van der Waals surface area contributed by atoms with Gasteiger partial charge in [0.1, 0.15) is 12.4 Å². The number of likely N-dealkylation sites (N-methyl/N-ethyl adjacent to an activating group) is 1. The van der Waals surface area contributed by atoms with Crippen molar-refractivity contribution < 1.29 is 9.53 Å². The largest absolute Gasteiger partial charge is 0.489 e. The van der Waals surface area contributed by atoms with Crippen molar-refractivity contribution in [3.05, 3.63) is 42.0 Å². The Balaban J connectivity index is 2.02. The molecule has 1 fully saturated rings. The highest BCUT2D eigenvalue weighted by atomic mass is 16.5. The number of nitrogens with zero attached hydrogens (tertiary/aromatic N) is 2. The van der Waals surface area contributed by atoms with Gasteiger partial charge in [-0.15, -0.1) is 0 Å². The minimum atomic E-state index is 0.132. The van der Waals surface area contributed by atoms with E-state index in [9.17, 15) is 4.79 Å². The molecule has 0 aromatic heterocycles. The van der Waals surface area contributed by atoms with Gasteiger partial charge in [-0.1, -0.05) is 31.2 Å². The van der Waals surface area contributed by atoms with E-state index in [1.807, 2.05) is 25.1 Å². The van der Waals surface area contributed by atoms with Crippen LogP contribution >= 0.6 is 0 Å². The van der Waals surface area contributed by atoms with Crippen LogP contribution in [-0.2, 0) is 0 Å². The molecule has 1 saturated heterocycles. The average Bonchev–Trinajstić information content (AvgIpc) is 2.54. The molecule has 0 aliphatic carbocycles. The van der Waals surface area contributed by atoms with Crippen LogP contribution < -0.4 is 4.74 Å². The lowest BCUT2D eigenvalue weighted by Crippen LogP contribution is -2.47. The van der Waals surface area contributed by atoms with E-state index in [0.29, 0.717) is 24.5 Å². The van der Waals surface area contributed by atoms with Crippen molar-refractivity contribution >= 4 is 5.78 Å². The van der Waals surface area contributed by atoms with Crippen molar-refractivity contribution in [3.63, 3.8) is 0 Å². The molecule has 0 spiro atoms. The molecule has 2 rings (SSSR count). The Labute approximate surface area is 133 Å². The molecule has 1 aliphatic rings. The number of hydrogen-bond acceptors (Lipinski definition) is 4. The summed E-state index contributed by atoms with van der Waals surface area (Å²) in [5, 5.41) is 0. The molecule has 22 heavy (non-hydrogen) atoms. The number of benzene rings is 1. The third-order valence-corrected chi connectivity index (χ3v) is 4.07. The summed E-state index contributed by atoms with van der Waals surface area (Å²) >= 11 is 0. The van der Waals surface area contributed by atoms with E-state index in [4.69, 9.17) is 4.74 Å². The van der Waals surface area contributed by atoms with E-state index in [0.717, 1.165) is 38.3 Å². The lowest BCUT2D eigenvalue weighted by atomic mass is 10.1. The quantitative estimate of drug-likeness (QED) is 0.572. The first-order valence-electron chi connectivity index (χ1n) is 7.96. The molecule has 120 valence electrons. The van der Waals surface area contributed by atoms with E-state index in [1.165, 1.54) is 0 Å². The van der Waals surface area contributed by atoms with Gasteiger partial charge in [0.15, 0.2) is 5.78 Å². The second-order valence-corrected chi connectivity index (χ2v) is 5.73. The summed E-state index contributed by atoms with van der Waals surface area (Å²) in [4.78, 5) is 17.3. The highest BCUT2D eigenvalue weighted by Gasteiger charge is 2.20. The molecule has 1 aromatic carbocycles. The molecule has 1 aliphatic heterocycles. The molecule has 0 radical (unpaired) electrons. The number of aryl methyl sites for hydroxylation is 1. The van der Waals surface area contributed by atoms with Crippen LogP contribution in [0.25, 0.3) is 0 Å². The van der Waals surface area contributed by atoms with E-state index < -0.39 is 0 Å². The van der Waals surface area contributed by atoms with Crippen LogP contribution in [0, 0.1) is 6.92 Å². The number of ether oxygens (including phenoxy) is 1. The van der Waals surface area contributed by atoms with E-state index in [1.54, 1.807) is 6.08 Å². The zero-order valence-corrected chi connectivity index (χ0v) is 13.7. The zero-order valence-electron chi connectivity index (χ0n) is 13.7. The molecular weight excluding hydrogens is 276 g/mol. The van der Waals surface area contributed by atoms with Crippen LogP contribution in [0.4, 0.5) is 0 Å². The van der Waals surface area contributed by atoms with Crippen LogP contribution in [0.15, 0.2) is 30.9 Å². The number of ketones is 1. The predicted molar refractivity (Wildman–Crippen MR) is 89.8 cm³/mol. The summed E-state index contributed by atoms with van der Waals surface area (Å²) in [6.45, 7) is 13.8. The standard InChI is InChI=1S/C18H26N2O2/c1-4-12-22-18-7-6-15(3)13-16(18)17(21)14-20-10-8-19(5-2)9-11-20/h4,6-7,13H,1,5,8-12,14H2,2-3H3. The Hall–Kier alpha value is -1.65. The van der Waals surface area contributed by atoms with Crippen LogP contribution in [0.1, 0.15) is 22.8 Å². The molecule has 1 heterocycles. The number of hydrogen-bond donors (Lipinski definition) is 0. The molecular formula is C18H26N2O2. The molecule has 0 amide bonds. The molecule has 0 saturated carbocycles. The summed E-state index contributed by atoms with van der Waals surface area (Å²) in [5.41, 5.74) is 1.75. The number of rotatable bonds is 7. The Bertz CT molecular complexity index is 520. The number of carbonyl (C=O) groups is 1. The summed E-state index contributed by atoms with van der Waals surface area (Å²) in [6.07, 6.45) is 1.69. The van der Waals surface area contributed by atoms with Crippen molar-refractivity contribution in [1.29, 1.82) is 0 Å². The molecule has 0 unspecified atom stereocenters. The van der Waals surface area contributed by atoms with Gasteiger partial charge >= 0.3 is 0 Å². The Morgan fingerprint density at radius 2 is 1.95 bits per heavy atom. The summed E-state index contributed by atoms with van der Waals surface area (Å²) in [5.74, 6) is 0.787. The summed E-state index contributed by atoms with van der Waals surface area (Å²) in [6, 6.07) is 5.76. The first-order chi connectivity index (χ1) is 10.6. The fourth-order valence-electron chi connectivity index (χ4n) is 2.69. The van der Waals surface area contributed by atoms with E-state index in [2.05, 4.69) is 23.3 Å². The average molecular weight is 302 g/mol. The monoisotopic (exact) mass is 302 g/mol. The SMILES string of the molecule is C=CCOc1ccc(C)cc1C(=O)CN1CCN(CC)CC1. The highest BCUT2D eigenvalue weighted by Crippen LogP contribution is 2.21. The second kappa shape index (κ2) is 8.11. The van der Waals surface area contributed by atoms with Gasteiger partial charge in [0, 0.05) is 26.2 Å². The molecule has 0 atom stereocenters. The van der Waals surface area contributed by atoms with Crippen molar-refractivity contribution in [2.75, 3.05) is 45.9 Å². The Kier molecular flexibility index (Phi) is 6.16. The van der Waals surface area contributed by atoms with Gasteiger partial charge in [-0.25, -0.2) is 0 Å². The minimum absolute atomic E-state index is 0.132. The smallest absolute Gasteiger partial charge is 0.180 e. The molecule has 0 N–H and O–H groups in total. The van der Waals surface area contributed by atoms with Gasteiger partial charge < -0.3 is 9.64 Å². The second-order valence-electron chi connectivity index (χ2n) is 5.73.